The Hall–Kier alpha value is -1.57. The summed E-state index contributed by atoms with van der Waals surface area (Å²) in [6.45, 7) is 3.60. The summed E-state index contributed by atoms with van der Waals surface area (Å²) in [5.74, 6) is 0.625. The molecule has 0 amide bonds. The van der Waals surface area contributed by atoms with E-state index in [1.807, 2.05) is 0 Å². The summed E-state index contributed by atoms with van der Waals surface area (Å²) in [5, 5.41) is 9.17. The van der Waals surface area contributed by atoms with Crippen LogP contribution in [0.4, 0.5) is 0 Å². The van der Waals surface area contributed by atoms with E-state index in [9.17, 15) is 5.11 Å². The van der Waals surface area contributed by atoms with Gasteiger partial charge in [-0.15, -0.1) is 0 Å². The number of hydrogen-bond acceptors (Lipinski definition) is 4. The predicted molar refractivity (Wildman–Crippen MR) is 58.9 cm³/mol. The fraction of sp³-hybridized carbons (Fsp3) is 0.111. The van der Waals surface area contributed by atoms with E-state index < -0.39 is 10.4 Å². The van der Waals surface area contributed by atoms with Crippen LogP contribution in [0.3, 0.4) is 0 Å². The molecule has 6 nitrogen and oxygen atoms in total. The van der Waals surface area contributed by atoms with Crippen LogP contribution in [0.15, 0.2) is 24.8 Å². The number of benzene rings is 1. The van der Waals surface area contributed by atoms with Gasteiger partial charge in [-0.2, -0.15) is 8.42 Å². The lowest BCUT2D eigenvalue weighted by atomic mass is 10.2. The summed E-state index contributed by atoms with van der Waals surface area (Å²) < 4.78 is 36.5. The molecule has 7 heteroatoms. The van der Waals surface area contributed by atoms with Crippen molar-refractivity contribution in [1.29, 1.82) is 0 Å². The third-order valence-corrected chi connectivity index (χ3v) is 1.44. The molecule has 0 saturated carbocycles. The Morgan fingerprint density at radius 2 is 1.88 bits per heavy atom. The second-order valence-corrected chi connectivity index (χ2v) is 3.48. The Kier molecular flexibility index (Phi) is 5.51. The quantitative estimate of drug-likeness (QED) is 0.683. The van der Waals surface area contributed by atoms with Crippen LogP contribution in [-0.2, 0) is 10.4 Å². The van der Waals surface area contributed by atoms with Gasteiger partial charge in [-0.05, 0) is 17.7 Å². The van der Waals surface area contributed by atoms with E-state index in [1.165, 1.54) is 7.11 Å². The number of phenolic OH excluding ortho intramolecular Hbond substituents is 1. The molecule has 0 unspecified atom stereocenters. The van der Waals surface area contributed by atoms with Crippen molar-refractivity contribution in [3.63, 3.8) is 0 Å². The SMILES string of the molecule is C=Cc1ccc(O)c(OC)c1.O=S(=O)(O)O. The number of hydrogen-bond donors (Lipinski definition) is 3. The molecule has 0 spiro atoms. The average molecular weight is 248 g/mol. The Labute approximate surface area is 93.4 Å². The zero-order valence-corrected chi connectivity index (χ0v) is 9.31. The van der Waals surface area contributed by atoms with E-state index in [2.05, 4.69) is 6.58 Å². The largest absolute Gasteiger partial charge is 0.504 e. The summed E-state index contributed by atoms with van der Waals surface area (Å²) in [7, 11) is -3.15. The standard InChI is InChI=1S/C9H10O2.H2O4S/c1-3-7-4-5-8(10)9(6-7)11-2;1-5(2,3)4/h3-6,10H,1H2,2H3;(H2,1,2,3,4). The highest BCUT2D eigenvalue weighted by atomic mass is 32.3. The predicted octanol–water partition coefficient (Wildman–Crippen LogP) is 1.39. The molecule has 1 aromatic rings. The average Bonchev–Trinajstić information content (AvgIpc) is 2.16. The molecule has 0 atom stereocenters. The second kappa shape index (κ2) is 6.11. The molecule has 1 rings (SSSR count). The molecule has 16 heavy (non-hydrogen) atoms. The molecule has 0 fully saturated rings. The van der Waals surface area contributed by atoms with Gasteiger partial charge < -0.3 is 9.84 Å². The van der Waals surface area contributed by atoms with Gasteiger partial charge in [-0.25, -0.2) is 0 Å². The highest BCUT2D eigenvalue weighted by Gasteiger charge is 1.98. The first-order valence-electron chi connectivity index (χ1n) is 3.97. The zero-order valence-electron chi connectivity index (χ0n) is 8.49. The van der Waals surface area contributed by atoms with Crippen LogP contribution in [0.2, 0.25) is 0 Å². The van der Waals surface area contributed by atoms with Crippen LogP contribution in [0, 0.1) is 0 Å². The van der Waals surface area contributed by atoms with Crippen LogP contribution in [-0.4, -0.2) is 29.7 Å². The van der Waals surface area contributed by atoms with Crippen LogP contribution in [0.5, 0.6) is 11.5 Å². The Morgan fingerprint density at radius 1 is 1.38 bits per heavy atom. The first-order valence-corrected chi connectivity index (χ1v) is 5.37. The first kappa shape index (κ1) is 14.4. The van der Waals surface area contributed by atoms with E-state index in [4.69, 9.17) is 22.3 Å². The van der Waals surface area contributed by atoms with Crippen LogP contribution < -0.4 is 4.74 Å². The van der Waals surface area contributed by atoms with Gasteiger partial charge in [-0.1, -0.05) is 18.7 Å². The molecule has 0 aliphatic heterocycles. The van der Waals surface area contributed by atoms with Crippen molar-refractivity contribution in [2.24, 2.45) is 0 Å². The number of aromatic hydroxyl groups is 1. The van der Waals surface area contributed by atoms with Gasteiger partial charge in [0.2, 0.25) is 0 Å². The van der Waals surface area contributed by atoms with E-state index in [0.717, 1.165) is 5.56 Å². The van der Waals surface area contributed by atoms with Gasteiger partial charge in [-0.3, -0.25) is 9.11 Å². The van der Waals surface area contributed by atoms with Crippen molar-refractivity contribution >= 4 is 16.5 Å². The maximum absolute atomic E-state index is 9.17. The molecule has 0 radical (unpaired) electrons. The molecule has 0 aliphatic carbocycles. The lowest BCUT2D eigenvalue weighted by Crippen LogP contribution is -1.89. The lowest BCUT2D eigenvalue weighted by Gasteiger charge is -2.02. The Bertz CT molecular complexity index is 443. The summed E-state index contributed by atoms with van der Waals surface area (Å²) in [6.07, 6.45) is 1.70. The Morgan fingerprint density at radius 3 is 2.25 bits per heavy atom. The normalized spacial score (nSPS) is 9.94. The first-order chi connectivity index (χ1) is 7.27. The van der Waals surface area contributed by atoms with Gasteiger partial charge in [0.25, 0.3) is 0 Å². The van der Waals surface area contributed by atoms with Crippen molar-refractivity contribution < 1.29 is 27.4 Å². The molecular formula is C9H12O6S. The van der Waals surface area contributed by atoms with Crippen molar-refractivity contribution in [2.75, 3.05) is 7.11 Å². The monoisotopic (exact) mass is 248 g/mol. The maximum Gasteiger partial charge on any atom is 0.394 e. The minimum absolute atomic E-state index is 0.151. The molecule has 0 heterocycles. The number of rotatable bonds is 2. The molecule has 0 aromatic heterocycles. The third-order valence-electron chi connectivity index (χ3n) is 1.44. The van der Waals surface area contributed by atoms with Crippen molar-refractivity contribution in [1.82, 2.24) is 0 Å². The van der Waals surface area contributed by atoms with E-state index in [1.54, 1.807) is 24.3 Å². The minimum Gasteiger partial charge on any atom is -0.504 e. The highest BCUT2D eigenvalue weighted by molar-refractivity contribution is 7.79. The summed E-state index contributed by atoms with van der Waals surface area (Å²) in [4.78, 5) is 0. The number of ether oxygens (including phenoxy) is 1. The number of methoxy groups -OCH3 is 1. The lowest BCUT2D eigenvalue weighted by molar-refractivity contribution is 0.373. The smallest absolute Gasteiger partial charge is 0.394 e. The second-order valence-electron chi connectivity index (χ2n) is 2.58. The number of phenols is 1. The van der Waals surface area contributed by atoms with Crippen LogP contribution in [0.1, 0.15) is 5.56 Å². The maximum atomic E-state index is 9.17. The summed E-state index contributed by atoms with van der Waals surface area (Å²) >= 11 is 0. The molecular weight excluding hydrogens is 236 g/mol. The Balaban J connectivity index is 0.000000385. The van der Waals surface area contributed by atoms with Crippen molar-refractivity contribution in [3.8, 4) is 11.5 Å². The topological polar surface area (TPSA) is 104 Å². The van der Waals surface area contributed by atoms with E-state index in [0.29, 0.717) is 5.75 Å². The van der Waals surface area contributed by atoms with E-state index in [-0.39, 0.29) is 5.75 Å². The molecule has 90 valence electrons. The van der Waals surface area contributed by atoms with Gasteiger partial charge in [0.1, 0.15) is 0 Å². The summed E-state index contributed by atoms with van der Waals surface area (Å²) in [6, 6.07) is 5.07. The highest BCUT2D eigenvalue weighted by Crippen LogP contribution is 2.26. The molecule has 0 aliphatic rings. The van der Waals surface area contributed by atoms with Crippen molar-refractivity contribution in [2.45, 2.75) is 0 Å². The summed E-state index contributed by atoms with van der Waals surface area (Å²) in [5.41, 5.74) is 0.930. The molecule has 0 saturated heterocycles. The van der Waals surface area contributed by atoms with Gasteiger partial charge in [0.15, 0.2) is 11.5 Å². The molecule has 3 N–H and O–H groups in total. The van der Waals surface area contributed by atoms with E-state index >= 15 is 0 Å². The van der Waals surface area contributed by atoms with Gasteiger partial charge in [0.05, 0.1) is 7.11 Å². The van der Waals surface area contributed by atoms with Gasteiger partial charge >= 0.3 is 10.4 Å². The fourth-order valence-electron chi connectivity index (χ4n) is 0.821. The minimum atomic E-state index is -4.67. The molecule has 0 bridgehead atoms. The van der Waals surface area contributed by atoms with Crippen LogP contribution >= 0.6 is 0 Å². The van der Waals surface area contributed by atoms with Crippen molar-refractivity contribution in [3.05, 3.63) is 30.3 Å². The zero-order chi connectivity index (χ0) is 12.8. The van der Waals surface area contributed by atoms with Crippen LogP contribution in [0.25, 0.3) is 6.08 Å². The third kappa shape index (κ3) is 6.82. The molecule has 1 aromatic carbocycles. The fourth-order valence-corrected chi connectivity index (χ4v) is 0.821. The van der Waals surface area contributed by atoms with Gasteiger partial charge in [0, 0.05) is 0 Å².